The summed E-state index contributed by atoms with van der Waals surface area (Å²) in [4.78, 5) is 12.1. The number of rotatable bonds is 4. The Hall–Kier alpha value is -0.440. The minimum absolute atomic E-state index is 0.0381. The molecule has 1 aliphatic rings. The summed E-state index contributed by atoms with van der Waals surface area (Å²) in [5.41, 5.74) is 0. The van der Waals surface area contributed by atoms with Gasteiger partial charge in [0, 0.05) is 31.4 Å². The predicted octanol–water partition coefficient (Wildman–Crippen LogP) is 2.36. The minimum atomic E-state index is -3.40. The zero-order valence-electron chi connectivity index (χ0n) is 12.1. The third-order valence-corrected chi connectivity index (χ3v) is 7.38. The summed E-state index contributed by atoms with van der Waals surface area (Å²) in [6.07, 6.45) is 1.56. The highest BCUT2D eigenvalue weighted by atomic mass is 79.9. The van der Waals surface area contributed by atoms with E-state index in [1.165, 1.54) is 18.3 Å². The zero-order chi connectivity index (χ0) is 15.6. The van der Waals surface area contributed by atoms with Gasteiger partial charge in [0.2, 0.25) is 15.9 Å². The molecule has 1 aromatic heterocycles. The van der Waals surface area contributed by atoms with Crippen molar-refractivity contribution < 1.29 is 13.2 Å². The number of nitrogens with one attached hydrogen (secondary N) is 1. The largest absolute Gasteiger partial charge is 0.356 e. The molecule has 1 amide bonds. The van der Waals surface area contributed by atoms with Crippen LogP contribution < -0.4 is 5.32 Å². The van der Waals surface area contributed by atoms with Crippen molar-refractivity contribution >= 4 is 43.2 Å². The summed E-state index contributed by atoms with van der Waals surface area (Å²) >= 11 is 4.77. The highest BCUT2D eigenvalue weighted by Crippen LogP contribution is 2.33. The number of carbonyl (C=O) groups excluding carboxylic acids is 1. The first kappa shape index (κ1) is 16.9. The van der Waals surface area contributed by atoms with Crippen LogP contribution in [0.2, 0.25) is 0 Å². The van der Waals surface area contributed by atoms with E-state index in [1.54, 1.807) is 10.4 Å². The van der Waals surface area contributed by atoms with Gasteiger partial charge >= 0.3 is 0 Å². The second-order valence-corrected chi connectivity index (χ2v) is 9.80. The molecule has 1 N–H and O–H groups in total. The maximum Gasteiger partial charge on any atom is 0.244 e. The van der Waals surface area contributed by atoms with Crippen LogP contribution in [0.1, 0.15) is 24.6 Å². The summed E-state index contributed by atoms with van der Waals surface area (Å²) in [5.74, 6) is 0.319. The molecule has 2 heterocycles. The number of thiophene rings is 1. The fraction of sp³-hybridized carbons (Fsp3) is 0.615. The van der Waals surface area contributed by atoms with Crippen LogP contribution in [-0.4, -0.2) is 38.3 Å². The van der Waals surface area contributed by atoms with Crippen molar-refractivity contribution in [2.45, 2.75) is 31.6 Å². The molecule has 0 bridgehead atoms. The highest BCUT2D eigenvalue weighted by Gasteiger charge is 2.31. The average molecular weight is 395 g/mol. The normalized spacial score (nSPS) is 17.9. The third-order valence-electron chi connectivity index (χ3n) is 3.67. The Balaban J connectivity index is 2.01. The molecule has 1 aromatic rings. The monoisotopic (exact) mass is 394 g/mol. The van der Waals surface area contributed by atoms with Gasteiger partial charge in [-0.15, -0.1) is 11.3 Å². The first-order chi connectivity index (χ1) is 9.80. The van der Waals surface area contributed by atoms with Crippen molar-refractivity contribution in [1.82, 2.24) is 9.62 Å². The Kier molecular flexibility index (Phi) is 5.45. The lowest BCUT2D eigenvalue weighted by Crippen LogP contribution is -2.41. The van der Waals surface area contributed by atoms with E-state index in [2.05, 4.69) is 21.2 Å². The molecule has 5 nitrogen and oxygen atoms in total. The lowest BCUT2D eigenvalue weighted by atomic mass is 9.98. The van der Waals surface area contributed by atoms with Gasteiger partial charge in [0.15, 0.2) is 0 Å². The number of aryl methyl sites for hydroxylation is 1. The van der Waals surface area contributed by atoms with Gasteiger partial charge in [0.25, 0.3) is 0 Å². The minimum Gasteiger partial charge on any atom is -0.356 e. The molecule has 0 aromatic carbocycles. The van der Waals surface area contributed by atoms with Gasteiger partial charge in [-0.1, -0.05) is 0 Å². The molecule has 0 aliphatic carbocycles. The number of piperidine rings is 1. The van der Waals surface area contributed by atoms with Crippen molar-refractivity contribution in [2.75, 3.05) is 19.6 Å². The van der Waals surface area contributed by atoms with Gasteiger partial charge < -0.3 is 5.32 Å². The Morgan fingerprint density at radius 2 is 2.10 bits per heavy atom. The number of halogens is 1. The smallest absolute Gasteiger partial charge is 0.244 e. The predicted molar refractivity (Wildman–Crippen MR) is 86.9 cm³/mol. The van der Waals surface area contributed by atoms with Gasteiger partial charge in [-0.2, -0.15) is 4.31 Å². The SMILES string of the molecule is CC(=O)NCC1CCN(S(=O)(=O)c2cc(Br)sc2C)CC1. The lowest BCUT2D eigenvalue weighted by Gasteiger charge is -2.31. The second kappa shape index (κ2) is 6.76. The van der Waals surface area contributed by atoms with E-state index < -0.39 is 10.0 Å². The van der Waals surface area contributed by atoms with Crippen LogP contribution in [0.15, 0.2) is 14.7 Å². The van der Waals surface area contributed by atoms with Crippen molar-refractivity contribution in [3.8, 4) is 0 Å². The Morgan fingerprint density at radius 1 is 1.48 bits per heavy atom. The molecule has 0 unspecified atom stereocenters. The summed E-state index contributed by atoms with van der Waals surface area (Å²) < 4.78 is 27.7. The van der Waals surface area contributed by atoms with Gasteiger partial charge in [0.1, 0.15) is 0 Å². The second-order valence-electron chi connectivity index (χ2n) is 5.26. The Bertz CT molecular complexity index is 619. The van der Waals surface area contributed by atoms with E-state index in [1.807, 2.05) is 6.92 Å². The molecule has 0 atom stereocenters. The molecule has 118 valence electrons. The number of hydrogen-bond acceptors (Lipinski definition) is 4. The van der Waals surface area contributed by atoms with Gasteiger partial charge in [-0.25, -0.2) is 8.42 Å². The van der Waals surface area contributed by atoms with Crippen LogP contribution in [0.5, 0.6) is 0 Å². The fourth-order valence-corrected chi connectivity index (χ4v) is 6.32. The van der Waals surface area contributed by atoms with E-state index in [0.717, 1.165) is 21.5 Å². The zero-order valence-corrected chi connectivity index (χ0v) is 15.3. The molecule has 1 aliphatic heterocycles. The van der Waals surface area contributed by atoms with Crippen molar-refractivity contribution in [3.05, 3.63) is 14.7 Å². The van der Waals surface area contributed by atoms with Crippen LogP contribution >= 0.6 is 27.3 Å². The summed E-state index contributed by atoms with van der Waals surface area (Å²) in [6.45, 7) is 4.98. The fourth-order valence-electron chi connectivity index (χ4n) is 2.47. The number of sulfonamides is 1. The number of hydrogen-bond donors (Lipinski definition) is 1. The third kappa shape index (κ3) is 4.06. The molecule has 1 saturated heterocycles. The number of nitrogens with zero attached hydrogens (tertiary/aromatic N) is 1. The average Bonchev–Trinajstić information content (AvgIpc) is 2.76. The molecule has 0 spiro atoms. The molecular weight excluding hydrogens is 376 g/mol. The van der Waals surface area contributed by atoms with E-state index >= 15 is 0 Å². The topological polar surface area (TPSA) is 66.5 Å². The lowest BCUT2D eigenvalue weighted by molar-refractivity contribution is -0.119. The molecule has 0 saturated carbocycles. The molecule has 2 rings (SSSR count). The van der Waals surface area contributed by atoms with E-state index in [-0.39, 0.29) is 5.91 Å². The summed E-state index contributed by atoms with van der Waals surface area (Å²) in [5, 5.41) is 2.80. The van der Waals surface area contributed by atoms with E-state index in [9.17, 15) is 13.2 Å². The van der Waals surface area contributed by atoms with E-state index in [0.29, 0.717) is 30.4 Å². The highest BCUT2D eigenvalue weighted by molar-refractivity contribution is 9.11. The van der Waals surface area contributed by atoms with Crippen LogP contribution in [0, 0.1) is 12.8 Å². The molecule has 1 fully saturated rings. The van der Waals surface area contributed by atoms with Crippen LogP contribution in [0.3, 0.4) is 0 Å². The molecular formula is C13H19BrN2O3S2. The van der Waals surface area contributed by atoms with Crippen LogP contribution in [-0.2, 0) is 14.8 Å². The van der Waals surface area contributed by atoms with Gasteiger partial charge in [0.05, 0.1) is 8.68 Å². The molecule has 0 radical (unpaired) electrons. The van der Waals surface area contributed by atoms with E-state index in [4.69, 9.17) is 0 Å². The molecule has 21 heavy (non-hydrogen) atoms. The summed E-state index contributed by atoms with van der Waals surface area (Å²) in [6, 6.07) is 1.68. The van der Waals surface area contributed by atoms with Crippen molar-refractivity contribution in [3.63, 3.8) is 0 Å². The first-order valence-corrected chi connectivity index (χ1v) is 9.86. The standard InChI is InChI=1S/C13H19BrN2O3S2/c1-9-12(7-13(14)20-9)21(18,19)16-5-3-11(4-6-16)8-15-10(2)17/h7,11H,3-6,8H2,1-2H3,(H,15,17). The van der Waals surface area contributed by atoms with Gasteiger partial charge in [-0.05, 0) is 47.7 Å². The Labute approximate surface area is 137 Å². The number of carbonyl (C=O) groups is 1. The van der Waals surface area contributed by atoms with Crippen LogP contribution in [0.25, 0.3) is 0 Å². The van der Waals surface area contributed by atoms with Crippen molar-refractivity contribution in [1.29, 1.82) is 0 Å². The Morgan fingerprint density at radius 3 is 2.57 bits per heavy atom. The summed E-state index contributed by atoms with van der Waals surface area (Å²) in [7, 11) is -3.40. The van der Waals surface area contributed by atoms with Crippen molar-refractivity contribution in [2.24, 2.45) is 5.92 Å². The number of amides is 1. The van der Waals surface area contributed by atoms with Crippen LogP contribution in [0.4, 0.5) is 0 Å². The van der Waals surface area contributed by atoms with Gasteiger partial charge in [-0.3, -0.25) is 4.79 Å². The quantitative estimate of drug-likeness (QED) is 0.851. The maximum atomic E-state index is 12.6. The molecule has 8 heteroatoms. The first-order valence-electron chi connectivity index (χ1n) is 6.81. The maximum absolute atomic E-state index is 12.6.